The van der Waals surface area contributed by atoms with Crippen molar-refractivity contribution < 1.29 is 28.0 Å². The standard InChI is InChI=1S/C25H38BFN2O5/c1-16-13-18(26-33-24(5,6)25(7,8)34-26)14-19(27)20(16)21(30)29-11-9-17(10-12-29)15-28-22(31)32-23(2,3)4/h13-14,17H,9-12,15H2,1-8H3,(H,28,31). The Hall–Kier alpha value is -2.13. The Morgan fingerprint density at radius 3 is 2.21 bits per heavy atom. The van der Waals surface area contributed by atoms with Crippen molar-refractivity contribution in [2.24, 2.45) is 5.92 Å². The Labute approximate surface area is 202 Å². The molecule has 2 aliphatic heterocycles. The summed E-state index contributed by atoms with van der Waals surface area (Å²) in [7, 11) is -0.685. The largest absolute Gasteiger partial charge is 0.494 e. The van der Waals surface area contributed by atoms with Crippen molar-refractivity contribution in [3.8, 4) is 0 Å². The third-order valence-corrected chi connectivity index (χ3v) is 6.88. The summed E-state index contributed by atoms with van der Waals surface area (Å²) in [5.74, 6) is -0.634. The lowest BCUT2D eigenvalue weighted by Gasteiger charge is -2.32. The van der Waals surface area contributed by atoms with Gasteiger partial charge in [0.15, 0.2) is 0 Å². The number of alkyl carbamates (subject to hydrolysis) is 1. The van der Waals surface area contributed by atoms with E-state index >= 15 is 4.39 Å². The van der Waals surface area contributed by atoms with Gasteiger partial charge in [-0.05, 0) is 91.2 Å². The number of carbonyl (C=O) groups excluding carboxylic acids is 2. The third kappa shape index (κ3) is 5.92. The molecule has 2 aliphatic rings. The van der Waals surface area contributed by atoms with E-state index in [1.54, 1.807) is 17.9 Å². The average molecular weight is 476 g/mol. The van der Waals surface area contributed by atoms with Gasteiger partial charge in [-0.2, -0.15) is 0 Å². The van der Waals surface area contributed by atoms with E-state index in [9.17, 15) is 9.59 Å². The molecule has 0 unspecified atom stereocenters. The molecule has 0 saturated carbocycles. The van der Waals surface area contributed by atoms with Crippen LogP contribution in [0.1, 0.15) is 77.2 Å². The number of halogens is 1. The average Bonchev–Trinajstić information content (AvgIpc) is 2.92. The number of amides is 2. The summed E-state index contributed by atoms with van der Waals surface area (Å²) in [4.78, 5) is 26.7. The van der Waals surface area contributed by atoms with Gasteiger partial charge in [0, 0.05) is 19.6 Å². The summed E-state index contributed by atoms with van der Waals surface area (Å²) in [5.41, 5.74) is -0.385. The van der Waals surface area contributed by atoms with Crippen LogP contribution in [0.4, 0.5) is 9.18 Å². The van der Waals surface area contributed by atoms with Crippen LogP contribution in [-0.2, 0) is 14.0 Å². The number of hydrogen-bond donors (Lipinski definition) is 1. The van der Waals surface area contributed by atoms with Gasteiger partial charge in [-0.1, -0.05) is 6.07 Å². The fourth-order valence-corrected chi connectivity index (χ4v) is 4.20. The van der Waals surface area contributed by atoms with E-state index in [1.807, 2.05) is 48.5 Å². The number of nitrogens with zero attached hydrogens (tertiary/aromatic N) is 1. The zero-order valence-electron chi connectivity index (χ0n) is 21.7. The molecular weight excluding hydrogens is 438 g/mol. The molecule has 1 N–H and O–H groups in total. The number of rotatable bonds is 4. The smallest absolute Gasteiger partial charge is 0.444 e. The molecule has 2 fully saturated rings. The summed E-state index contributed by atoms with van der Waals surface area (Å²) in [6, 6.07) is 3.12. The first kappa shape index (κ1) is 26.5. The highest BCUT2D eigenvalue weighted by molar-refractivity contribution is 6.62. The Bertz CT molecular complexity index is 897. The Morgan fingerprint density at radius 2 is 1.71 bits per heavy atom. The molecular formula is C25H38BFN2O5. The molecule has 0 spiro atoms. The number of hydrogen-bond acceptors (Lipinski definition) is 5. The van der Waals surface area contributed by atoms with Crippen molar-refractivity contribution in [2.75, 3.05) is 19.6 Å². The van der Waals surface area contributed by atoms with Gasteiger partial charge in [-0.15, -0.1) is 0 Å². The summed E-state index contributed by atoms with van der Waals surface area (Å²) in [6.45, 7) is 16.5. The van der Waals surface area contributed by atoms with E-state index in [4.69, 9.17) is 14.0 Å². The van der Waals surface area contributed by atoms with Crippen LogP contribution in [-0.4, -0.2) is 60.5 Å². The number of benzene rings is 1. The van der Waals surface area contributed by atoms with Crippen molar-refractivity contribution in [2.45, 2.75) is 85.0 Å². The highest BCUT2D eigenvalue weighted by atomic mass is 19.1. The van der Waals surface area contributed by atoms with Crippen molar-refractivity contribution >= 4 is 24.6 Å². The minimum atomic E-state index is -0.685. The quantitative estimate of drug-likeness (QED) is 0.669. The second-order valence-corrected chi connectivity index (χ2v) is 11.4. The fourth-order valence-electron chi connectivity index (χ4n) is 4.20. The lowest BCUT2D eigenvalue weighted by atomic mass is 9.77. The Kier molecular flexibility index (Phi) is 7.39. The van der Waals surface area contributed by atoms with E-state index in [1.165, 1.54) is 6.07 Å². The number of piperidine rings is 1. The Balaban J connectivity index is 1.60. The van der Waals surface area contributed by atoms with Crippen LogP contribution in [0.25, 0.3) is 0 Å². The number of likely N-dealkylation sites (tertiary alicyclic amines) is 1. The second-order valence-electron chi connectivity index (χ2n) is 11.4. The van der Waals surface area contributed by atoms with Crippen molar-refractivity contribution in [3.05, 3.63) is 29.1 Å². The molecule has 0 radical (unpaired) electrons. The minimum Gasteiger partial charge on any atom is -0.444 e. The van der Waals surface area contributed by atoms with Crippen LogP contribution >= 0.6 is 0 Å². The highest BCUT2D eigenvalue weighted by Crippen LogP contribution is 2.36. The maximum absolute atomic E-state index is 15.2. The molecule has 2 amide bonds. The molecule has 2 saturated heterocycles. The van der Waals surface area contributed by atoms with Gasteiger partial charge in [0.25, 0.3) is 5.91 Å². The van der Waals surface area contributed by atoms with Crippen LogP contribution < -0.4 is 10.8 Å². The zero-order chi connectivity index (χ0) is 25.5. The first-order valence-electron chi connectivity index (χ1n) is 12.0. The number of aryl methyl sites for hydroxylation is 1. The predicted molar refractivity (Wildman–Crippen MR) is 130 cm³/mol. The maximum atomic E-state index is 15.2. The predicted octanol–water partition coefficient (Wildman–Crippen LogP) is 3.81. The fraction of sp³-hybridized carbons (Fsp3) is 0.680. The SMILES string of the molecule is Cc1cc(B2OC(C)(C)C(C)(C)O2)cc(F)c1C(=O)N1CCC(CNC(=O)OC(C)(C)C)CC1. The first-order chi connectivity index (χ1) is 15.6. The van der Waals surface area contributed by atoms with Gasteiger partial charge in [0.2, 0.25) is 0 Å². The third-order valence-electron chi connectivity index (χ3n) is 6.88. The molecule has 34 heavy (non-hydrogen) atoms. The summed E-state index contributed by atoms with van der Waals surface area (Å²) in [5, 5.41) is 2.80. The summed E-state index contributed by atoms with van der Waals surface area (Å²) < 4.78 is 32.5. The van der Waals surface area contributed by atoms with Gasteiger partial charge in [-0.25, -0.2) is 9.18 Å². The van der Waals surface area contributed by atoms with Gasteiger partial charge in [0.05, 0.1) is 16.8 Å². The van der Waals surface area contributed by atoms with Crippen molar-refractivity contribution in [1.29, 1.82) is 0 Å². The highest BCUT2D eigenvalue weighted by Gasteiger charge is 2.52. The second kappa shape index (κ2) is 9.49. The number of ether oxygens (including phenoxy) is 1. The van der Waals surface area contributed by atoms with E-state index < -0.39 is 35.8 Å². The molecule has 9 heteroatoms. The molecule has 1 aromatic carbocycles. The molecule has 7 nitrogen and oxygen atoms in total. The van der Waals surface area contributed by atoms with Crippen LogP contribution in [0, 0.1) is 18.7 Å². The molecule has 3 rings (SSSR count). The molecule has 2 heterocycles. The first-order valence-corrected chi connectivity index (χ1v) is 12.0. The zero-order valence-corrected chi connectivity index (χ0v) is 21.7. The lowest BCUT2D eigenvalue weighted by molar-refractivity contribution is 0.00578. The molecule has 0 aromatic heterocycles. The van der Waals surface area contributed by atoms with E-state index in [0.717, 1.165) is 12.8 Å². The normalized spacial score (nSPS) is 20.4. The Morgan fingerprint density at radius 1 is 1.15 bits per heavy atom. The molecule has 0 bridgehead atoms. The monoisotopic (exact) mass is 476 g/mol. The van der Waals surface area contributed by atoms with Gasteiger partial charge < -0.3 is 24.3 Å². The van der Waals surface area contributed by atoms with Crippen LogP contribution in [0.3, 0.4) is 0 Å². The molecule has 0 aliphatic carbocycles. The van der Waals surface area contributed by atoms with E-state index in [0.29, 0.717) is 30.7 Å². The lowest BCUT2D eigenvalue weighted by Crippen LogP contribution is -2.43. The summed E-state index contributed by atoms with van der Waals surface area (Å²) in [6.07, 6.45) is 1.02. The van der Waals surface area contributed by atoms with Crippen LogP contribution in [0.15, 0.2) is 12.1 Å². The molecule has 0 atom stereocenters. The molecule has 188 valence electrons. The van der Waals surface area contributed by atoms with Gasteiger partial charge in [0.1, 0.15) is 11.4 Å². The van der Waals surface area contributed by atoms with Crippen molar-refractivity contribution in [3.63, 3.8) is 0 Å². The van der Waals surface area contributed by atoms with Crippen LogP contribution in [0.5, 0.6) is 0 Å². The number of carbonyl (C=O) groups is 2. The minimum absolute atomic E-state index is 0.0885. The summed E-state index contributed by atoms with van der Waals surface area (Å²) >= 11 is 0. The van der Waals surface area contributed by atoms with Gasteiger partial charge in [-0.3, -0.25) is 4.79 Å². The van der Waals surface area contributed by atoms with Crippen molar-refractivity contribution in [1.82, 2.24) is 10.2 Å². The van der Waals surface area contributed by atoms with Gasteiger partial charge >= 0.3 is 13.2 Å². The maximum Gasteiger partial charge on any atom is 0.494 e. The van der Waals surface area contributed by atoms with E-state index in [-0.39, 0.29) is 17.4 Å². The number of nitrogens with one attached hydrogen (secondary N) is 1. The topological polar surface area (TPSA) is 77.1 Å². The molecule has 1 aromatic rings. The van der Waals surface area contributed by atoms with Crippen LogP contribution in [0.2, 0.25) is 0 Å². The van der Waals surface area contributed by atoms with E-state index in [2.05, 4.69) is 5.32 Å².